The molecule has 0 bridgehead atoms. The first-order valence-electron chi connectivity index (χ1n) is 17.7. The van der Waals surface area contributed by atoms with Crippen LogP contribution >= 0.6 is 0 Å². The van der Waals surface area contributed by atoms with E-state index in [9.17, 15) is 24.0 Å². The lowest BCUT2D eigenvalue weighted by Crippen LogP contribution is -2.54. The van der Waals surface area contributed by atoms with Crippen LogP contribution < -0.4 is 21.3 Å². The molecule has 5 amide bonds. The second kappa shape index (κ2) is 17.5. The number of carbonyl (C=O) groups excluding carboxylic acids is 5. The van der Waals surface area contributed by atoms with Crippen LogP contribution in [0.15, 0.2) is 54.6 Å². The van der Waals surface area contributed by atoms with Gasteiger partial charge in [-0.25, -0.2) is 9.67 Å². The molecule has 2 aromatic carbocycles. The monoisotopic (exact) mass is 726 g/mol. The van der Waals surface area contributed by atoms with Crippen LogP contribution in [0.2, 0.25) is 0 Å². The molecule has 17 heteroatoms. The lowest BCUT2D eigenvalue weighted by molar-refractivity contribution is -0.137. The molecule has 0 saturated heterocycles. The van der Waals surface area contributed by atoms with Crippen LogP contribution in [0.1, 0.15) is 63.8 Å². The van der Waals surface area contributed by atoms with E-state index in [1.54, 1.807) is 42.8 Å². The summed E-state index contributed by atoms with van der Waals surface area (Å²) in [4.78, 5) is 73.1. The minimum atomic E-state index is -1.00. The van der Waals surface area contributed by atoms with Gasteiger partial charge in [0, 0.05) is 18.7 Å². The molecule has 2 aromatic heterocycles. The van der Waals surface area contributed by atoms with Crippen LogP contribution in [-0.2, 0) is 36.9 Å². The Hall–Kier alpha value is -6.00. The quantitative estimate of drug-likeness (QED) is 0.222. The molecule has 4 N–H and O–H groups in total. The highest BCUT2D eigenvalue weighted by atomic mass is 16.2. The molecule has 17 nitrogen and oxygen atoms in total. The molecule has 3 atom stereocenters. The summed E-state index contributed by atoms with van der Waals surface area (Å²) in [5, 5.41) is 27.4. The molecular weight excluding hydrogens is 680 g/mol. The Balaban J connectivity index is 1.36. The van der Waals surface area contributed by atoms with Crippen LogP contribution in [0.3, 0.4) is 0 Å². The van der Waals surface area contributed by atoms with Crippen molar-refractivity contribution >= 4 is 29.5 Å². The second-order valence-corrected chi connectivity index (χ2v) is 13.5. The van der Waals surface area contributed by atoms with E-state index in [0.29, 0.717) is 35.9 Å². The molecule has 1 aliphatic rings. The maximum atomic E-state index is 13.6. The van der Waals surface area contributed by atoms with Gasteiger partial charge in [0.25, 0.3) is 0 Å². The molecule has 0 radical (unpaired) electrons. The Bertz CT molecular complexity index is 1910. The molecule has 0 unspecified atom stereocenters. The number of carbonyl (C=O) groups is 5. The van der Waals surface area contributed by atoms with Gasteiger partial charge in [0.2, 0.25) is 29.5 Å². The Morgan fingerprint density at radius 2 is 1.62 bits per heavy atom. The van der Waals surface area contributed by atoms with Gasteiger partial charge in [-0.1, -0.05) is 56.3 Å². The van der Waals surface area contributed by atoms with Crippen molar-refractivity contribution in [2.45, 2.75) is 78.6 Å². The van der Waals surface area contributed by atoms with E-state index in [4.69, 9.17) is 0 Å². The molecule has 0 spiro atoms. The van der Waals surface area contributed by atoms with Crippen LogP contribution in [0.25, 0.3) is 17.1 Å². The first-order chi connectivity index (χ1) is 25.4. The standard InChI is InChI=1S/C36H46N12O5/c1-22(2)18-29-36(53)39-23(3)34-41-33(27-10-7-6-8-11-27)43-47(34)21-30(49)37-16-9-17-46(20-31(50)38-24(4)35(52)40-29)32(51)19-26-12-14-28(15-13-26)48-25(5)42-44-45-48/h6-8,10-15,22-24,29H,9,16-21H2,1-5H3,(H,37,49)(H,38,50)(H,39,53)(H,40,52)/t23-,24+,29+/m0/s1. The van der Waals surface area contributed by atoms with Crippen molar-refractivity contribution in [2.24, 2.45) is 5.92 Å². The van der Waals surface area contributed by atoms with Crippen molar-refractivity contribution in [3.8, 4) is 17.1 Å². The molecule has 0 aliphatic carbocycles. The van der Waals surface area contributed by atoms with E-state index in [-0.39, 0.29) is 50.3 Å². The minimum Gasteiger partial charge on any atom is -0.354 e. The third kappa shape index (κ3) is 10.3. The van der Waals surface area contributed by atoms with Crippen molar-refractivity contribution in [3.63, 3.8) is 0 Å². The predicted octanol–water partition coefficient (Wildman–Crippen LogP) is 1.03. The number of benzene rings is 2. The van der Waals surface area contributed by atoms with E-state index in [0.717, 1.165) is 11.3 Å². The zero-order valence-electron chi connectivity index (χ0n) is 30.6. The van der Waals surface area contributed by atoms with Crippen molar-refractivity contribution in [1.82, 2.24) is 61.1 Å². The summed E-state index contributed by atoms with van der Waals surface area (Å²) in [6.07, 6.45) is 0.683. The van der Waals surface area contributed by atoms with Crippen molar-refractivity contribution < 1.29 is 24.0 Å². The second-order valence-electron chi connectivity index (χ2n) is 13.5. The summed E-state index contributed by atoms with van der Waals surface area (Å²) in [6, 6.07) is 13.9. The summed E-state index contributed by atoms with van der Waals surface area (Å²) < 4.78 is 3.03. The average molecular weight is 727 g/mol. The minimum absolute atomic E-state index is 0.00749. The predicted molar refractivity (Wildman–Crippen MR) is 193 cm³/mol. The van der Waals surface area contributed by atoms with Gasteiger partial charge in [-0.15, -0.1) is 5.10 Å². The van der Waals surface area contributed by atoms with Gasteiger partial charge < -0.3 is 26.2 Å². The molecule has 53 heavy (non-hydrogen) atoms. The van der Waals surface area contributed by atoms with E-state index < -0.39 is 35.8 Å². The SMILES string of the molecule is Cc1nnnn1-c1ccc(CC(=O)N2CCCNC(=O)Cn3nc(-c4ccccc4)nc3[C@H](C)NC(=O)[C@@H](CC(C)C)NC(=O)[C@@H](C)NC(=O)C2)cc1. The summed E-state index contributed by atoms with van der Waals surface area (Å²) in [7, 11) is 0. The van der Waals surface area contributed by atoms with Gasteiger partial charge in [0.05, 0.1) is 24.7 Å². The number of hydrogen-bond acceptors (Lipinski definition) is 10. The Kier molecular flexibility index (Phi) is 12.6. The van der Waals surface area contributed by atoms with Crippen LogP contribution in [0.5, 0.6) is 0 Å². The number of aryl methyl sites for hydroxylation is 1. The number of aromatic nitrogens is 7. The van der Waals surface area contributed by atoms with Crippen LogP contribution in [0, 0.1) is 12.8 Å². The summed E-state index contributed by atoms with van der Waals surface area (Å²) in [5.41, 5.74) is 2.18. The largest absolute Gasteiger partial charge is 0.354 e. The van der Waals surface area contributed by atoms with Crippen LogP contribution in [0.4, 0.5) is 0 Å². The van der Waals surface area contributed by atoms with Gasteiger partial charge in [-0.05, 0) is 67.7 Å². The highest BCUT2D eigenvalue weighted by molar-refractivity contribution is 5.93. The Morgan fingerprint density at radius 3 is 2.30 bits per heavy atom. The summed E-state index contributed by atoms with van der Waals surface area (Å²) in [6.45, 7) is 8.77. The van der Waals surface area contributed by atoms with E-state index in [1.165, 1.54) is 16.5 Å². The maximum Gasteiger partial charge on any atom is 0.243 e. The normalized spacial score (nSPS) is 19.6. The molecule has 0 saturated carbocycles. The molecule has 1 aliphatic heterocycles. The van der Waals surface area contributed by atoms with Crippen LogP contribution in [-0.4, -0.2) is 101 Å². The van der Waals surface area contributed by atoms with Crippen molar-refractivity contribution in [3.05, 3.63) is 71.8 Å². The smallest absolute Gasteiger partial charge is 0.243 e. The lowest BCUT2D eigenvalue weighted by atomic mass is 10.0. The van der Waals surface area contributed by atoms with Gasteiger partial charge in [-0.3, -0.25) is 24.0 Å². The van der Waals surface area contributed by atoms with Gasteiger partial charge >= 0.3 is 0 Å². The number of nitrogens with one attached hydrogen (secondary N) is 4. The number of tetrazole rings is 1. The lowest BCUT2D eigenvalue weighted by Gasteiger charge is -2.25. The third-order valence-electron chi connectivity index (χ3n) is 8.66. The highest BCUT2D eigenvalue weighted by Crippen LogP contribution is 2.20. The number of rotatable bonds is 6. The fourth-order valence-corrected chi connectivity index (χ4v) is 5.90. The van der Waals surface area contributed by atoms with Crippen molar-refractivity contribution in [2.75, 3.05) is 19.6 Å². The fourth-order valence-electron chi connectivity index (χ4n) is 5.90. The molecular formula is C36H46N12O5. The first kappa shape index (κ1) is 38.2. The number of fused-ring (bicyclic) bond motifs is 1. The fraction of sp³-hybridized carbons (Fsp3) is 0.444. The zero-order valence-corrected chi connectivity index (χ0v) is 30.6. The Labute approximate surface area is 307 Å². The van der Waals surface area contributed by atoms with E-state index in [1.807, 2.05) is 44.2 Å². The molecule has 4 aromatic rings. The maximum absolute atomic E-state index is 13.6. The van der Waals surface area contributed by atoms with E-state index in [2.05, 4.69) is 46.9 Å². The topological polar surface area (TPSA) is 211 Å². The third-order valence-corrected chi connectivity index (χ3v) is 8.66. The summed E-state index contributed by atoms with van der Waals surface area (Å²) in [5.74, 6) is -0.801. The summed E-state index contributed by atoms with van der Waals surface area (Å²) >= 11 is 0. The number of nitrogens with zero attached hydrogens (tertiary/aromatic N) is 8. The van der Waals surface area contributed by atoms with Gasteiger partial charge in [0.15, 0.2) is 11.6 Å². The van der Waals surface area contributed by atoms with E-state index >= 15 is 0 Å². The number of hydrogen-bond donors (Lipinski definition) is 4. The molecule has 3 heterocycles. The van der Waals surface area contributed by atoms with Gasteiger partial charge in [-0.2, -0.15) is 9.78 Å². The zero-order chi connectivity index (χ0) is 38.1. The molecule has 5 rings (SSSR count). The van der Waals surface area contributed by atoms with Gasteiger partial charge in [0.1, 0.15) is 24.5 Å². The van der Waals surface area contributed by atoms with Crippen molar-refractivity contribution in [1.29, 1.82) is 0 Å². The highest BCUT2D eigenvalue weighted by Gasteiger charge is 2.29. The number of amides is 5. The average Bonchev–Trinajstić information content (AvgIpc) is 3.75. The first-order valence-corrected chi connectivity index (χ1v) is 17.7. The Morgan fingerprint density at radius 1 is 0.887 bits per heavy atom. The molecule has 0 fully saturated rings. The molecule has 280 valence electrons.